The molecule has 6 nitrogen and oxygen atoms in total. The average Bonchev–Trinajstić information content (AvgIpc) is 3.31. The van der Waals surface area contributed by atoms with E-state index in [4.69, 9.17) is 9.47 Å². The number of guanidine groups is 1. The molecule has 0 saturated carbocycles. The van der Waals surface area contributed by atoms with E-state index in [1.807, 2.05) is 7.05 Å². The second-order valence-corrected chi connectivity index (χ2v) is 8.46. The largest absolute Gasteiger partial charge is 0.497 e. The van der Waals surface area contributed by atoms with Crippen molar-refractivity contribution in [1.29, 1.82) is 0 Å². The first-order valence-corrected chi connectivity index (χ1v) is 11.2. The predicted molar refractivity (Wildman–Crippen MR) is 126 cm³/mol. The molecule has 166 valence electrons. The third-order valence-corrected chi connectivity index (χ3v) is 6.62. The van der Waals surface area contributed by atoms with Crippen LogP contribution in [0.3, 0.4) is 0 Å². The Hall–Kier alpha value is -2.73. The topological polar surface area (TPSA) is 58.1 Å². The first-order chi connectivity index (χ1) is 15.2. The Balaban J connectivity index is 1.38. The van der Waals surface area contributed by atoms with E-state index >= 15 is 0 Å². The maximum atomic E-state index is 5.68. The fourth-order valence-corrected chi connectivity index (χ4v) is 4.67. The minimum Gasteiger partial charge on any atom is -0.497 e. The minimum absolute atomic E-state index is 0.0356. The van der Waals surface area contributed by atoms with Crippen LogP contribution in [0.5, 0.6) is 5.75 Å². The molecule has 0 aromatic heterocycles. The van der Waals surface area contributed by atoms with Crippen LogP contribution in [0, 0.1) is 0 Å². The molecule has 2 aliphatic rings. The van der Waals surface area contributed by atoms with Crippen molar-refractivity contribution in [2.75, 3.05) is 51.9 Å². The van der Waals surface area contributed by atoms with E-state index in [0.717, 1.165) is 63.8 Å². The van der Waals surface area contributed by atoms with Crippen molar-refractivity contribution in [1.82, 2.24) is 10.6 Å². The molecule has 2 aromatic carbocycles. The van der Waals surface area contributed by atoms with E-state index in [0.29, 0.717) is 6.04 Å². The number of nitrogens with one attached hydrogen (secondary N) is 2. The lowest BCUT2D eigenvalue weighted by Crippen LogP contribution is -2.50. The van der Waals surface area contributed by atoms with E-state index in [-0.39, 0.29) is 5.41 Å². The molecule has 1 unspecified atom stereocenters. The number of benzene rings is 2. The lowest BCUT2D eigenvalue weighted by molar-refractivity contribution is 0.0513. The van der Waals surface area contributed by atoms with Gasteiger partial charge in [-0.25, -0.2) is 0 Å². The summed E-state index contributed by atoms with van der Waals surface area (Å²) < 4.78 is 11.0. The Kier molecular flexibility index (Phi) is 6.97. The summed E-state index contributed by atoms with van der Waals surface area (Å²) >= 11 is 0. The summed E-state index contributed by atoms with van der Waals surface area (Å²) in [5.74, 6) is 1.76. The van der Waals surface area contributed by atoms with Gasteiger partial charge in [-0.05, 0) is 49.1 Å². The van der Waals surface area contributed by atoms with Crippen LogP contribution in [0.25, 0.3) is 0 Å². The highest BCUT2D eigenvalue weighted by molar-refractivity contribution is 5.80. The molecule has 6 heteroatoms. The minimum atomic E-state index is 0.0356. The number of methoxy groups -OCH3 is 1. The molecule has 2 aliphatic heterocycles. The molecule has 2 heterocycles. The number of hydrogen-bond donors (Lipinski definition) is 2. The van der Waals surface area contributed by atoms with E-state index in [2.05, 4.69) is 75.1 Å². The summed E-state index contributed by atoms with van der Waals surface area (Å²) in [5.41, 5.74) is 2.65. The van der Waals surface area contributed by atoms with Gasteiger partial charge < -0.3 is 25.0 Å². The van der Waals surface area contributed by atoms with Crippen molar-refractivity contribution < 1.29 is 9.47 Å². The highest BCUT2D eigenvalue weighted by Gasteiger charge is 2.35. The molecule has 2 fully saturated rings. The number of para-hydroxylation sites is 1. The van der Waals surface area contributed by atoms with Crippen LogP contribution in [-0.2, 0) is 10.2 Å². The van der Waals surface area contributed by atoms with Crippen LogP contribution >= 0.6 is 0 Å². The molecule has 0 bridgehead atoms. The van der Waals surface area contributed by atoms with Gasteiger partial charge in [0.15, 0.2) is 5.96 Å². The number of ether oxygens (including phenoxy) is 2. The van der Waals surface area contributed by atoms with Crippen molar-refractivity contribution in [3.8, 4) is 5.75 Å². The highest BCUT2D eigenvalue weighted by Crippen LogP contribution is 2.35. The summed E-state index contributed by atoms with van der Waals surface area (Å²) in [5, 5.41) is 7.26. The highest BCUT2D eigenvalue weighted by atomic mass is 16.5. The van der Waals surface area contributed by atoms with Gasteiger partial charge in [0.1, 0.15) is 5.75 Å². The van der Waals surface area contributed by atoms with Gasteiger partial charge in [-0.3, -0.25) is 4.99 Å². The molecule has 2 N–H and O–H groups in total. The summed E-state index contributed by atoms with van der Waals surface area (Å²) in [6.45, 7) is 4.45. The Morgan fingerprint density at radius 3 is 2.55 bits per heavy atom. The zero-order valence-corrected chi connectivity index (χ0v) is 18.6. The lowest BCUT2D eigenvalue weighted by Gasteiger charge is -2.38. The van der Waals surface area contributed by atoms with Crippen molar-refractivity contribution in [2.24, 2.45) is 4.99 Å². The van der Waals surface area contributed by atoms with Gasteiger partial charge in [0.05, 0.1) is 7.11 Å². The fraction of sp³-hybridized carbons (Fsp3) is 0.480. The zero-order chi connectivity index (χ0) is 21.5. The molecule has 4 rings (SSSR count). The second kappa shape index (κ2) is 10.1. The van der Waals surface area contributed by atoms with Gasteiger partial charge in [-0.1, -0.05) is 30.3 Å². The molecule has 1 atom stereocenters. The Morgan fingerprint density at radius 2 is 1.87 bits per heavy atom. The van der Waals surface area contributed by atoms with Gasteiger partial charge in [0, 0.05) is 57.0 Å². The summed E-state index contributed by atoms with van der Waals surface area (Å²) in [6.07, 6.45) is 3.09. The van der Waals surface area contributed by atoms with E-state index in [9.17, 15) is 0 Å². The molecule has 0 aliphatic carbocycles. The SMILES string of the molecule is CN=C(NCC1(c2ccc(OC)cc2)CCOCC1)NC1CCN(c2ccccc2)C1. The lowest BCUT2D eigenvalue weighted by atomic mass is 9.74. The van der Waals surface area contributed by atoms with Crippen LogP contribution in [0.4, 0.5) is 5.69 Å². The zero-order valence-electron chi connectivity index (χ0n) is 18.6. The number of hydrogen-bond acceptors (Lipinski definition) is 4. The van der Waals surface area contributed by atoms with Crippen molar-refractivity contribution >= 4 is 11.6 Å². The molecular formula is C25H34N4O2. The maximum Gasteiger partial charge on any atom is 0.191 e. The van der Waals surface area contributed by atoms with Crippen molar-refractivity contribution in [3.05, 3.63) is 60.2 Å². The Bertz CT molecular complexity index is 848. The monoisotopic (exact) mass is 422 g/mol. The van der Waals surface area contributed by atoms with Gasteiger partial charge in [-0.15, -0.1) is 0 Å². The van der Waals surface area contributed by atoms with E-state index in [1.165, 1.54) is 11.3 Å². The average molecular weight is 423 g/mol. The van der Waals surface area contributed by atoms with Crippen LogP contribution < -0.4 is 20.3 Å². The Labute approximate surface area is 185 Å². The molecule has 0 radical (unpaired) electrons. The van der Waals surface area contributed by atoms with Gasteiger partial charge in [0.2, 0.25) is 0 Å². The number of nitrogens with zero attached hydrogens (tertiary/aromatic N) is 2. The smallest absolute Gasteiger partial charge is 0.191 e. The van der Waals surface area contributed by atoms with Crippen molar-refractivity contribution in [2.45, 2.75) is 30.7 Å². The van der Waals surface area contributed by atoms with Gasteiger partial charge in [0.25, 0.3) is 0 Å². The predicted octanol–water partition coefficient (Wildman–Crippen LogP) is 3.19. The third kappa shape index (κ3) is 5.13. The number of anilines is 1. The number of rotatable bonds is 6. The first-order valence-electron chi connectivity index (χ1n) is 11.2. The molecule has 0 amide bonds. The normalized spacial score (nSPS) is 21.0. The Morgan fingerprint density at radius 1 is 1.13 bits per heavy atom. The third-order valence-electron chi connectivity index (χ3n) is 6.62. The van der Waals surface area contributed by atoms with Crippen LogP contribution in [0.1, 0.15) is 24.8 Å². The molecule has 0 spiro atoms. The summed E-state index contributed by atoms with van der Waals surface area (Å²) in [7, 11) is 3.56. The second-order valence-electron chi connectivity index (χ2n) is 8.46. The van der Waals surface area contributed by atoms with Crippen LogP contribution in [0.15, 0.2) is 59.6 Å². The molecule has 2 saturated heterocycles. The summed E-state index contributed by atoms with van der Waals surface area (Å²) in [4.78, 5) is 6.94. The van der Waals surface area contributed by atoms with E-state index < -0.39 is 0 Å². The first kappa shape index (κ1) is 21.5. The van der Waals surface area contributed by atoms with Gasteiger partial charge in [-0.2, -0.15) is 0 Å². The molecule has 2 aromatic rings. The molecular weight excluding hydrogens is 388 g/mol. The van der Waals surface area contributed by atoms with Crippen LogP contribution in [0.2, 0.25) is 0 Å². The maximum absolute atomic E-state index is 5.68. The van der Waals surface area contributed by atoms with Gasteiger partial charge >= 0.3 is 0 Å². The van der Waals surface area contributed by atoms with Crippen molar-refractivity contribution in [3.63, 3.8) is 0 Å². The standard InChI is InChI=1S/C25H34N4O2/c1-26-24(28-21-12-15-29(18-21)22-6-4-3-5-7-22)27-19-25(13-16-31-17-14-25)20-8-10-23(30-2)11-9-20/h3-11,21H,12-19H2,1-2H3,(H2,26,27,28). The summed E-state index contributed by atoms with van der Waals surface area (Å²) in [6, 6.07) is 19.5. The fourth-order valence-electron chi connectivity index (χ4n) is 4.67. The van der Waals surface area contributed by atoms with E-state index in [1.54, 1.807) is 7.11 Å². The van der Waals surface area contributed by atoms with Crippen LogP contribution in [-0.4, -0.2) is 59.0 Å². The quantitative estimate of drug-likeness (QED) is 0.553. The molecule has 31 heavy (non-hydrogen) atoms. The number of aliphatic imine (C=N–C) groups is 1.